The minimum atomic E-state index is -0.382. The van der Waals surface area contributed by atoms with Crippen molar-refractivity contribution in [3.63, 3.8) is 0 Å². The Morgan fingerprint density at radius 2 is 2.12 bits per heavy atom. The van der Waals surface area contributed by atoms with Crippen molar-refractivity contribution in [3.8, 4) is 0 Å². The summed E-state index contributed by atoms with van der Waals surface area (Å²) in [6.45, 7) is 6.51. The van der Waals surface area contributed by atoms with Crippen LogP contribution >= 0.6 is 0 Å². The number of nitrogens with zero attached hydrogens (tertiary/aromatic N) is 3. The molecule has 0 saturated carbocycles. The van der Waals surface area contributed by atoms with Crippen LogP contribution in [0.25, 0.3) is 0 Å². The second kappa shape index (κ2) is 8.49. The van der Waals surface area contributed by atoms with E-state index in [9.17, 15) is 4.79 Å². The van der Waals surface area contributed by atoms with Gasteiger partial charge in [-0.2, -0.15) is 5.10 Å². The van der Waals surface area contributed by atoms with Crippen LogP contribution in [-0.4, -0.2) is 42.4 Å². The Morgan fingerprint density at radius 3 is 2.71 bits per heavy atom. The molecule has 0 spiro atoms. The first-order valence-corrected chi connectivity index (χ1v) is 8.31. The Hall–Kier alpha value is -2.34. The number of likely N-dealkylation sites (N-methyl/N-ethyl adjacent to an activating group) is 2. The Labute approximate surface area is 143 Å². The van der Waals surface area contributed by atoms with Gasteiger partial charge in [-0.15, -0.1) is 0 Å². The molecule has 130 valence electrons. The number of carbonyl (C=O) groups is 1. The molecule has 2 N–H and O–H groups in total. The fraction of sp³-hybridized carbons (Fsp3) is 0.444. The van der Waals surface area contributed by atoms with Crippen molar-refractivity contribution in [1.29, 1.82) is 0 Å². The topological polar surface area (TPSA) is 62.2 Å². The molecule has 0 saturated heterocycles. The summed E-state index contributed by atoms with van der Waals surface area (Å²) in [4.78, 5) is 14.7. The molecule has 1 unspecified atom stereocenters. The SMILES string of the molecule is CCN(CCNC(=O)C(NC)c1cnn(C)c1)c1ccccc1C. The van der Waals surface area contributed by atoms with E-state index in [-0.39, 0.29) is 11.9 Å². The number of benzene rings is 1. The highest BCUT2D eigenvalue weighted by Crippen LogP contribution is 2.18. The molecule has 1 atom stereocenters. The van der Waals surface area contributed by atoms with Gasteiger partial charge in [0.1, 0.15) is 6.04 Å². The minimum absolute atomic E-state index is 0.0358. The van der Waals surface area contributed by atoms with E-state index >= 15 is 0 Å². The Kier molecular flexibility index (Phi) is 6.37. The fourth-order valence-corrected chi connectivity index (χ4v) is 2.82. The van der Waals surface area contributed by atoms with Gasteiger partial charge < -0.3 is 15.5 Å². The number of hydrogen-bond donors (Lipinski definition) is 2. The number of aryl methyl sites for hydroxylation is 2. The Balaban J connectivity index is 1.92. The van der Waals surface area contributed by atoms with Crippen LogP contribution < -0.4 is 15.5 Å². The van der Waals surface area contributed by atoms with Crippen LogP contribution in [0.15, 0.2) is 36.7 Å². The quantitative estimate of drug-likeness (QED) is 0.773. The van der Waals surface area contributed by atoms with Crippen molar-refractivity contribution in [3.05, 3.63) is 47.8 Å². The molecule has 1 aromatic carbocycles. The smallest absolute Gasteiger partial charge is 0.241 e. The van der Waals surface area contributed by atoms with E-state index in [0.717, 1.165) is 18.7 Å². The minimum Gasteiger partial charge on any atom is -0.370 e. The zero-order valence-corrected chi connectivity index (χ0v) is 14.9. The third-order valence-electron chi connectivity index (χ3n) is 4.13. The fourth-order valence-electron chi connectivity index (χ4n) is 2.82. The number of carbonyl (C=O) groups excluding carboxylic acids is 1. The van der Waals surface area contributed by atoms with Gasteiger partial charge in [-0.1, -0.05) is 18.2 Å². The molecule has 0 fully saturated rings. The number of rotatable bonds is 8. The zero-order chi connectivity index (χ0) is 17.5. The van der Waals surface area contributed by atoms with Gasteiger partial charge >= 0.3 is 0 Å². The molecular weight excluding hydrogens is 302 g/mol. The number of aromatic nitrogens is 2. The second-order valence-electron chi connectivity index (χ2n) is 5.83. The van der Waals surface area contributed by atoms with Crippen molar-refractivity contribution in [2.24, 2.45) is 7.05 Å². The van der Waals surface area contributed by atoms with E-state index in [1.807, 2.05) is 25.4 Å². The summed E-state index contributed by atoms with van der Waals surface area (Å²) in [6, 6.07) is 7.93. The summed E-state index contributed by atoms with van der Waals surface area (Å²) in [5.41, 5.74) is 3.32. The molecule has 2 aromatic rings. The molecule has 2 rings (SSSR count). The van der Waals surface area contributed by atoms with E-state index in [0.29, 0.717) is 6.54 Å². The third-order valence-corrected chi connectivity index (χ3v) is 4.13. The van der Waals surface area contributed by atoms with Gasteiger partial charge in [0.05, 0.1) is 6.20 Å². The first-order chi connectivity index (χ1) is 11.6. The van der Waals surface area contributed by atoms with Crippen LogP contribution in [0, 0.1) is 6.92 Å². The van der Waals surface area contributed by atoms with E-state index < -0.39 is 0 Å². The van der Waals surface area contributed by atoms with Gasteiger partial charge in [0.25, 0.3) is 0 Å². The van der Waals surface area contributed by atoms with Crippen LogP contribution in [0.2, 0.25) is 0 Å². The molecular formula is C18H27N5O. The van der Waals surface area contributed by atoms with Crippen molar-refractivity contribution in [2.75, 3.05) is 31.6 Å². The van der Waals surface area contributed by atoms with Crippen molar-refractivity contribution < 1.29 is 4.79 Å². The summed E-state index contributed by atoms with van der Waals surface area (Å²) in [5, 5.41) is 10.2. The van der Waals surface area contributed by atoms with E-state index in [1.165, 1.54) is 11.3 Å². The lowest BCUT2D eigenvalue weighted by Crippen LogP contribution is -2.40. The van der Waals surface area contributed by atoms with Crippen LogP contribution in [0.1, 0.15) is 24.1 Å². The molecule has 0 aliphatic heterocycles. The number of hydrogen-bond acceptors (Lipinski definition) is 4. The maximum Gasteiger partial charge on any atom is 0.241 e. The van der Waals surface area contributed by atoms with Gasteiger partial charge in [0, 0.05) is 44.1 Å². The summed E-state index contributed by atoms with van der Waals surface area (Å²) in [6.07, 6.45) is 3.57. The van der Waals surface area contributed by atoms with Gasteiger partial charge in [0.15, 0.2) is 0 Å². The average Bonchev–Trinajstić information content (AvgIpc) is 2.99. The lowest BCUT2D eigenvalue weighted by atomic mass is 10.1. The predicted octanol–water partition coefficient (Wildman–Crippen LogP) is 1.63. The largest absolute Gasteiger partial charge is 0.370 e. The number of anilines is 1. The molecule has 6 heteroatoms. The standard InChI is InChI=1S/C18H27N5O/c1-5-23(16-9-7-6-8-14(16)2)11-10-20-18(24)17(19-3)15-12-21-22(4)13-15/h6-9,12-13,17,19H,5,10-11H2,1-4H3,(H,20,24). The van der Waals surface area contributed by atoms with E-state index in [2.05, 4.69) is 46.6 Å². The van der Waals surface area contributed by atoms with Gasteiger partial charge in [-0.3, -0.25) is 9.48 Å². The molecule has 1 amide bonds. The first-order valence-electron chi connectivity index (χ1n) is 8.31. The van der Waals surface area contributed by atoms with Crippen molar-refractivity contribution in [2.45, 2.75) is 19.9 Å². The second-order valence-corrected chi connectivity index (χ2v) is 5.83. The predicted molar refractivity (Wildman–Crippen MR) is 97.1 cm³/mol. The van der Waals surface area contributed by atoms with Crippen molar-refractivity contribution in [1.82, 2.24) is 20.4 Å². The number of nitrogens with one attached hydrogen (secondary N) is 2. The monoisotopic (exact) mass is 329 g/mol. The number of amides is 1. The normalized spacial score (nSPS) is 12.0. The van der Waals surface area contributed by atoms with Gasteiger partial charge in [-0.05, 0) is 32.5 Å². The molecule has 6 nitrogen and oxygen atoms in total. The molecule has 0 aliphatic rings. The highest BCUT2D eigenvalue weighted by molar-refractivity contribution is 5.83. The zero-order valence-electron chi connectivity index (χ0n) is 14.9. The van der Waals surface area contributed by atoms with Crippen LogP contribution in [0.5, 0.6) is 0 Å². The highest BCUT2D eigenvalue weighted by atomic mass is 16.2. The van der Waals surface area contributed by atoms with E-state index in [1.54, 1.807) is 17.9 Å². The molecule has 1 heterocycles. The molecule has 1 aromatic heterocycles. The summed E-state index contributed by atoms with van der Waals surface area (Å²) < 4.78 is 1.70. The summed E-state index contributed by atoms with van der Waals surface area (Å²) in [5.74, 6) is -0.0358. The molecule has 0 aliphatic carbocycles. The maximum absolute atomic E-state index is 12.4. The third kappa shape index (κ3) is 4.35. The van der Waals surface area contributed by atoms with Crippen molar-refractivity contribution >= 4 is 11.6 Å². The lowest BCUT2D eigenvalue weighted by Gasteiger charge is -2.25. The highest BCUT2D eigenvalue weighted by Gasteiger charge is 2.19. The van der Waals surface area contributed by atoms with Gasteiger partial charge in [-0.25, -0.2) is 0 Å². The number of para-hydroxylation sites is 1. The summed E-state index contributed by atoms with van der Waals surface area (Å²) in [7, 11) is 3.62. The van der Waals surface area contributed by atoms with Crippen LogP contribution in [0.3, 0.4) is 0 Å². The maximum atomic E-state index is 12.4. The van der Waals surface area contributed by atoms with Crippen LogP contribution in [-0.2, 0) is 11.8 Å². The Morgan fingerprint density at radius 1 is 1.38 bits per heavy atom. The first kappa shape index (κ1) is 18.0. The average molecular weight is 329 g/mol. The van der Waals surface area contributed by atoms with Gasteiger partial charge in [0.2, 0.25) is 5.91 Å². The van der Waals surface area contributed by atoms with E-state index in [4.69, 9.17) is 0 Å². The molecule has 0 radical (unpaired) electrons. The molecule has 0 bridgehead atoms. The Bertz CT molecular complexity index is 667. The lowest BCUT2D eigenvalue weighted by molar-refractivity contribution is -0.123. The van der Waals surface area contributed by atoms with Crippen LogP contribution in [0.4, 0.5) is 5.69 Å². The molecule has 24 heavy (non-hydrogen) atoms. The summed E-state index contributed by atoms with van der Waals surface area (Å²) >= 11 is 0.